The maximum Gasteiger partial charge on any atom is 0.265 e. The molecule has 4 nitrogen and oxygen atoms in total. The number of nitrogens with one attached hydrogen (secondary N) is 1. The summed E-state index contributed by atoms with van der Waals surface area (Å²) in [6, 6.07) is 14.5. The van der Waals surface area contributed by atoms with Crippen LogP contribution in [0.4, 0.5) is 5.69 Å². The highest BCUT2D eigenvalue weighted by Crippen LogP contribution is 2.20. The van der Waals surface area contributed by atoms with E-state index in [0.29, 0.717) is 11.5 Å². The molecule has 21 heavy (non-hydrogen) atoms. The monoisotopic (exact) mass is 349 g/mol. The minimum Gasteiger partial charge on any atom is -0.497 e. The number of anilines is 1. The van der Waals surface area contributed by atoms with E-state index in [1.54, 1.807) is 26.2 Å². The van der Waals surface area contributed by atoms with Crippen LogP contribution in [-0.2, 0) is 4.79 Å². The summed E-state index contributed by atoms with van der Waals surface area (Å²) in [5.74, 6) is 1.07. The fourth-order valence-corrected chi connectivity index (χ4v) is 1.97. The number of carbonyl (C=O) groups is 1. The number of hydrogen-bond acceptors (Lipinski definition) is 3. The van der Waals surface area contributed by atoms with Gasteiger partial charge in [0.1, 0.15) is 11.5 Å². The molecule has 1 unspecified atom stereocenters. The van der Waals surface area contributed by atoms with E-state index in [1.807, 2.05) is 36.4 Å². The number of amides is 1. The van der Waals surface area contributed by atoms with E-state index in [2.05, 4.69) is 21.2 Å². The van der Waals surface area contributed by atoms with Gasteiger partial charge in [-0.2, -0.15) is 0 Å². The van der Waals surface area contributed by atoms with Gasteiger partial charge in [-0.3, -0.25) is 4.79 Å². The van der Waals surface area contributed by atoms with Crippen molar-refractivity contribution in [2.75, 3.05) is 12.4 Å². The number of carbonyl (C=O) groups excluding carboxylic acids is 1. The van der Waals surface area contributed by atoms with Gasteiger partial charge in [0.25, 0.3) is 5.91 Å². The van der Waals surface area contributed by atoms with Gasteiger partial charge in [0, 0.05) is 16.2 Å². The normalized spacial score (nSPS) is 11.6. The van der Waals surface area contributed by atoms with E-state index in [1.165, 1.54) is 0 Å². The number of benzene rings is 2. The minimum absolute atomic E-state index is 0.208. The van der Waals surface area contributed by atoms with Crippen molar-refractivity contribution in [3.05, 3.63) is 53.0 Å². The Morgan fingerprint density at radius 2 is 1.81 bits per heavy atom. The van der Waals surface area contributed by atoms with Crippen molar-refractivity contribution in [3.8, 4) is 11.5 Å². The molecule has 0 aliphatic rings. The summed E-state index contributed by atoms with van der Waals surface area (Å²) in [6.45, 7) is 1.70. The molecule has 2 aromatic carbocycles. The molecule has 0 heterocycles. The van der Waals surface area contributed by atoms with E-state index in [-0.39, 0.29) is 5.91 Å². The molecule has 5 heteroatoms. The van der Waals surface area contributed by atoms with Gasteiger partial charge >= 0.3 is 0 Å². The van der Waals surface area contributed by atoms with E-state index in [9.17, 15) is 4.79 Å². The Morgan fingerprint density at radius 1 is 1.14 bits per heavy atom. The first-order chi connectivity index (χ1) is 10.1. The van der Waals surface area contributed by atoms with Gasteiger partial charge in [-0.15, -0.1) is 0 Å². The first kappa shape index (κ1) is 15.4. The second-order valence-electron chi connectivity index (χ2n) is 4.44. The Balaban J connectivity index is 1.97. The molecule has 0 saturated heterocycles. The smallest absolute Gasteiger partial charge is 0.265 e. The number of ether oxygens (including phenoxy) is 2. The van der Waals surface area contributed by atoms with E-state index < -0.39 is 6.10 Å². The predicted octanol–water partition coefficient (Wildman–Crippen LogP) is 3.86. The average Bonchev–Trinajstić information content (AvgIpc) is 2.49. The summed E-state index contributed by atoms with van der Waals surface area (Å²) in [6.07, 6.45) is -0.610. The Labute approximate surface area is 132 Å². The third-order valence-corrected chi connectivity index (χ3v) is 3.36. The van der Waals surface area contributed by atoms with Gasteiger partial charge in [-0.05, 0) is 43.3 Å². The van der Waals surface area contributed by atoms with Crippen LogP contribution in [0.1, 0.15) is 6.92 Å². The third kappa shape index (κ3) is 4.49. The molecule has 2 rings (SSSR count). The van der Waals surface area contributed by atoms with Crippen molar-refractivity contribution in [2.45, 2.75) is 13.0 Å². The lowest BCUT2D eigenvalue weighted by Gasteiger charge is -2.15. The number of methoxy groups -OCH3 is 1. The fourth-order valence-electron chi connectivity index (χ4n) is 1.71. The topological polar surface area (TPSA) is 47.6 Å². The van der Waals surface area contributed by atoms with Crippen LogP contribution in [0.15, 0.2) is 53.0 Å². The molecular weight excluding hydrogens is 334 g/mol. The molecule has 1 atom stereocenters. The summed E-state index contributed by atoms with van der Waals surface area (Å²) < 4.78 is 11.7. The van der Waals surface area contributed by atoms with Gasteiger partial charge in [0.05, 0.1) is 7.11 Å². The molecule has 110 valence electrons. The molecule has 0 bridgehead atoms. The van der Waals surface area contributed by atoms with Crippen molar-refractivity contribution in [2.24, 2.45) is 0 Å². The Morgan fingerprint density at radius 3 is 2.48 bits per heavy atom. The lowest BCUT2D eigenvalue weighted by atomic mass is 10.3. The van der Waals surface area contributed by atoms with Crippen LogP contribution in [0.5, 0.6) is 11.5 Å². The molecule has 0 fully saturated rings. The van der Waals surface area contributed by atoms with Crippen molar-refractivity contribution in [3.63, 3.8) is 0 Å². The van der Waals surface area contributed by atoms with Crippen LogP contribution < -0.4 is 14.8 Å². The number of halogens is 1. The van der Waals surface area contributed by atoms with Crippen LogP contribution >= 0.6 is 15.9 Å². The van der Waals surface area contributed by atoms with Gasteiger partial charge in [0.15, 0.2) is 6.10 Å². The second-order valence-corrected chi connectivity index (χ2v) is 5.35. The Bertz CT molecular complexity index is 613. The first-order valence-corrected chi connectivity index (χ1v) is 7.25. The Kier molecular flexibility index (Phi) is 5.22. The van der Waals surface area contributed by atoms with E-state index >= 15 is 0 Å². The molecular formula is C16H16BrNO3. The van der Waals surface area contributed by atoms with E-state index in [0.717, 1.165) is 10.2 Å². The zero-order valence-corrected chi connectivity index (χ0v) is 13.4. The molecule has 2 aromatic rings. The minimum atomic E-state index is -0.610. The lowest BCUT2D eigenvalue weighted by Crippen LogP contribution is -2.30. The van der Waals surface area contributed by atoms with Crippen LogP contribution in [0.25, 0.3) is 0 Å². The average molecular weight is 350 g/mol. The highest BCUT2D eigenvalue weighted by Gasteiger charge is 2.15. The molecule has 0 spiro atoms. The van der Waals surface area contributed by atoms with Crippen molar-refractivity contribution < 1.29 is 14.3 Å². The van der Waals surface area contributed by atoms with E-state index in [4.69, 9.17) is 9.47 Å². The molecule has 0 saturated carbocycles. The lowest BCUT2D eigenvalue weighted by molar-refractivity contribution is -0.122. The zero-order chi connectivity index (χ0) is 15.2. The summed E-state index contributed by atoms with van der Waals surface area (Å²) in [5, 5.41) is 2.80. The number of rotatable bonds is 5. The van der Waals surface area contributed by atoms with Crippen molar-refractivity contribution in [1.82, 2.24) is 0 Å². The summed E-state index contributed by atoms with van der Waals surface area (Å²) in [7, 11) is 1.59. The largest absolute Gasteiger partial charge is 0.497 e. The summed E-state index contributed by atoms with van der Waals surface area (Å²) in [4.78, 5) is 12.1. The van der Waals surface area contributed by atoms with Crippen LogP contribution in [0, 0.1) is 0 Å². The summed E-state index contributed by atoms with van der Waals surface area (Å²) in [5.41, 5.74) is 0.726. The molecule has 0 radical (unpaired) electrons. The third-order valence-electron chi connectivity index (χ3n) is 2.84. The van der Waals surface area contributed by atoms with Crippen LogP contribution in [-0.4, -0.2) is 19.1 Å². The standard InChI is InChI=1S/C16H16BrNO3/c1-11(21-15-5-3-4-14(10-15)20-2)16(19)18-13-8-6-12(17)7-9-13/h3-11H,1-2H3,(H,18,19). The Hall–Kier alpha value is -2.01. The first-order valence-electron chi connectivity index (χ1n) is 6.45. The SMILES string of the molecule is COc1cccc(OC(C)C(=O)Nc2ccc(Br)cc2)c1. The quantitative estimate of drug-likeness (QED) is 0.891. The molecule has 1 amide bonds. The van der Waals surface area contributed by atoms with Gasteiger partial charge in [-0.25, -0.2) is 0 Å². The molecule has 1 N–H and O–H groups in total. The fraction of sp³-hybridized carbons (Fsp3) is 0.188. The van der Waals surface area contributed by atoms with Gasteiger partial charge in [0.2, 0.25) is 0 Å². The highest BCUT2D eigenvalue weighted by molar-refractivity contribution is 9.10. The zero-order valence-electron chi connectivity index (χ0n) is 11.8. The molecule has 0 aliphatic carbocycles. The van der Waals surface area contributed by atoms with Crippen molar-refractivity contribution >= 4 is 27.5 Å². The maximum absolute atomic E-state index is 12.1. The summed E-state index contributed by atoms with van der Waals surface area (Å²) >= 11 is 3.35. The number of hydrogen-bond donors (Lipinski definition) is 1. The highest BCUT2D eigenvalue weighted by atomic mass is 79.9. The maximum atomic E-state index is 12.1. The van der Waals surface area contributed by atoms with Crippen LogP contribution in [0.3, 0.4) is 0 Å². The van der Waals surface area contributed by atoms with Gasteiger partial charge < -0.3 is 14.8 Å². The van der Waals surface area contributed by atoms with Gasteiger partial charge in [-0.1, -0.05) is 22.0 Å². The van der Waals surface area contributed by atoms with Crippen LogP contribution in [0.2, 0.25) is 0 Å². The van der Waals surface area contributed by atoms with Crippen molar-refractivity contribution in [1.29, 1.82) is 0 Å². The second kappa shape index (κ2) is 7.13. The predicted molar refractivity (Wildman–Crippen MR) is 85.9 cm³/mol. The molecule has 0 aliphatic heterocycles. The molecule has 0 aromatic heterocycles.